The van der Waals surface area contributed by atoms with Crippen molar-refractivity contribution in [2.75, 3.05) is 20.3 Å². The van der Waals surface area contributed by atoms with E-state index in [1.165, 1.54) is 11.3 Å². The number of benzene rings is 1. The molecule has 4 aromatic rings. The molecule has 0 saturated carbocycles. The van der Waals surface area contributed by atoms with Gasteiger partial charge in [-0.15, -0.1) is 11.3 Å². The van der Waals surface area contributed by atoms with Crippen LogP contribution in [0.1, 0.15) is 21.9 Å². The maximum atomic E-state index is 12.6. The lowest BCUT2D eigenvalue weighted by atomic mass is 10.2. The van der Waals surface area contributed by atoms with Crippen molar-refractivity contribution in [3.8, 4) is 10.7 Å². The molecule has 0 aliphatic heterocycles. The number of carbonyl (C=O) groups is 1. The summed E-state index contributed by atoms with van der Waals surface area (Å²) in [5.74, 6) is -0.168. The number of nitrogens with one attached hydrogen (secondary N) is 1. The van der Waals surface area contributed by atoms with Crippen molar-refractivity contribution < 1.29 is 9.53 Å². The van der Waals surface area contributed by atoms with Crippen LogP contribution >= 0.6 is 11.3 Å². The van der Waals surface area contributed by atoms with E-state index in [2.05, 4.69) is 38.2 Å². The van der Waals surface area contributed by atoms with Gasteiger partial charge >= 0.3 is 0 Å². The van der Waals surface area contributed by atoms with Gasteiger partial charge in [0.05, 0.1) is 24.5 Å². The number of thiazole rings is 1. The average molecular weight is 424 g/mol. The summed E-state index contributed by atoms with van der Waals surface area (Å²) in [5, 5.41) is 11.1. The number of amides is 1. The molecular weight excluding hydrogens is 398 g/mol. The second-order valence-corrected chi connectivity index (χ2v) is 8.03. The summed E-state index contributed by atoms with van der Waals surface area (Å²) in [5.41, 5.74) is 4.64. The Labute approximate surface area is 179 Å². The second-order valence-electron chi connectivity index (χ2n) is 7.18. The fourth-order valence-electron chi connectivity index (χ4n) is 3.57. The maximum absolute atomic E-state index is 12.6. The summed E-state index contributed by atoms with van der Waals surface area (Å²) < 4.78 is 9.38. The van der Waals surface area contributed by atoms with Gasteiger partial charge in [-0.2, -0.15) is 5.10 Å². The quantitative estimate of drug-likeness (QED) is 0.469. The van der Waals surface area contributed by atoms with E-state index in [1.54, 1.807) is 7.11 Å². The van der Waals surface area contributed by atoms with Crippen LogP contribution in [0.25, 0.3) is 21.6 Å². The smallest absolute Gasteiger partial charge is 0.270 e. The number of fused-ring (bicyclic) bond motifs is 1. The van der Waals surface area contributed by atoms with Crippen LogP contribution in [0, 0.1) is 13.8 Å². The molecule has 0 aliphatic rings. The Balaban J connectivity index is 1.49. The van der Waals surface area contributed by atoms with Crippen LogP contribution in [0.2, 0.25) is 0 Å². The molecule has 7 nitrogen and oxygen atoms in total. The normalized spacial score (nSPS) is 11.3. The SMILES string of the molecule is COCCn1c(-c2nc(C(=O)NCCn3nc(C)cc3C)cs2)cc2ccccc21. The number of nitrogens with zero attached hydrogens (tertiary/aromatic N) is 4. The van der Waals surface area contributed by atoms with Crippen LogP contribution in [0.15, 0.2) is 41.8 Å². The fraction of sp³-hybridized carbons (Fsp3) is 0.318. The average Bonchev–Trinajstić information content (AvgIpc) is 3.43. The Morgan fingerprint density at radius 1 is 1.20 bits per heavy atom. The molecule has 8 heteroatoms. The highest BCUT2D eigenvalue weighted by Crippen LogP contribution is 2.30. The van der Waals surface area contributed by atoms with E-state index in [-0.39, 0.29) is 5.91 Å². The summed E-state index contributed by atoms with van der Waals surface area (Å²) in [6.45, 7) is 6.44. The van der Waals surface area contributed by atoms with Crippen LogP contribution in [-0.4, -0.2) is 45.5 Å². The van der Waals surface area contributed by atoms with Gasteiger partial charge in [0.25, 0.3) is 5.91 Å². The fourth-order valence-corrected chi connectivity index (χ4v) is 4.40. The minimum Gasteiger partial charge on any atom is -0.383 e. The van der Waals surface area contributed by atoms with E-state index < -0.39 is 0 Å². The van der Waals surface area contributed by atoms with Gasteiger partial charge in [-0.05, 0) is 32.0 Å². The highest BCUT2D eigenvalue weighted by Gasteiger charge is 2.16. The van der Waals surface area contributed by atoms with Gasteiger partial charge in [-0.3, -0.25) is 9.48 Å². The molecule has 30 heavy (non-hydrogen) atoms. The number of rotatable bonds is 8. The number of aromatic nitrogens is 4. The number of methoxy groups -OCH3 is 1. The number of hydrogen-bond acceptors (Lipinski definition) is 5. The van der Waals surface area contributed by atoms with Gasteiger partial charge < -0.3 is 14.6 Å². The number of ether oxygens (including phenoxy) is 1. The molecule has 0 aliphatic carbocycles. The van der Waals surface area contributed by atoms with Crippen molar-refractivity contribution in [3.63, 3.8) is 0 Å². The summed E-state index contributed by atoms with van der Waals surface area (Å²) >= 11 is 1.48. The summed E-state index contributed by atoms with van der Waals surface area (Å²) in [4.78, 5) is 17.2. The van der Waals surface area contributed by atoms with Crippen molar-refractivity contribution in [2.45, 2.75) is 26.9 Å². The third kappa shape index (κ3) is 4.15. The molecule has 1 amide bonds. The molecule has 3 aromatic heterocycles. The number of para-hydroxylation sites is 1. The third-order valence-corrected chi connectivity index (χ3v) is 5.86. The Hall–Kier alpha value is -2.97. The predicted molar refractivity (Wildman–Crippen MR) is 119 cm³/mol. The third-order valence-electron chi connectivity index (χ3n) is 5.00. The second kappa shape index (κ2) is 8.81. The lowest BCUT2D eigenvalue weighted by Gasteiger charge is -2.08. The maximum Gasteiger partial charge on any atom is 0.270 e. The number of carbonyl (C=O) groups excluding carboxylic acids is 1. The molecule has 4 rings (SSSR count). The van der Waals surface area contributed by atoms with E-state index in [0.717, 1.165) is 39.5 Å². The van der Waals surface area contributed by atoms with Gasteiger partial charge in [0.15, 0.2) is 0 Å². The van der Waals surface area contributed by atoms with Gasteiger partial charge in [-0.25, -0.2) is 4.98 Å². The van der Waals surface area contributed by atoms with Crippen LogP contribution in [-0.2, 0) is 17.8 Å². The van der Waals surface area contributed by atoms with E-state index in [9.17, 15) is 4.79 Å². The minimum atomic E-state index is -0.168. The molecule has 0 saturated heterocycles. The first-order valence-corrected chi connectivity index (χ1v) is 10.8. The monoisotopic (exact) mass is 423 g/mol. The van der Waals surface area contributed by atoms with Crippen molar-refractivity contribution in [1.82, 2.24) is 24.6 Å². The van der Waals surface area contributed by atoms with Crippen molar-refractivity contribution >= 4 is 28.1 Å². The molecule has 156 valence electrons. The zero-order valence-electron chi connectivity index (χ0n) is 17.4. The van der Waals surface area contributed by atoms with Gasteiger partial charge in [0.1, 0.15) is 10.7 Å². The summed E-state index contributed by atoms with van der Waals surface area (Å²) in [6, 6.07) is 12.4. The lowest BCUT2D eigenvalue weighted by Crippen LogP contribution is -2.28. The van der Waals surface area contributed by atoms with E-state index in [0.29, 0.717) is 25.4 Å². The summed E-state index contributed by atoms with van der Waals surface area (Å²) in [6.07, 6.45) is 0. The topological polar surface area (TPSA) is 74.0 Å². The van der Waals surface area contributed by atoms with Crippen LogP contribution in [0.4, 0.5) is 0 Å². The first-order chi connectivity index (χ1) is 14.6. The molecule has 1 aromatic carbocycles. The molecule has 1 N–H and O–H groups in total. The molecule has 3 heterocycles. The lowest BCUT2D eigenvalue weighted by molar-refractivity contribution is 0.0947. The van der Waals surface area contributed by atoms with Crippen molar-refractivity contribution in [1.29, 1.82) is 0 Å². The molecule has 0 spiro atoms. The van der Waals surface area contributed by atoms with Gasteiger partial charge in [0, 0.05) is 42.2 Å². The van der Waals surface area contributed by atoms with E-state index in [4.69, 9.17) is 4.74 Å². The molecular formula is C22H25N5O2S. The zero-order valence-corrected chi connectivity index (χ0v) is 18.2. The van der Waals surface area contributed by atoms with E-state index in [1.807, 2.05) is 42.1 Å². The number of aryl methyl sites for hydroxylation is 2. The largest absolute Gasteiger partial charge is 0.383 e. The predicted octanol–water partition coefficient (Wildman–Crippen LogP) is 3.65. The van der Waals surface area contributed by atoms with Gasteiger partial charge in [-0.1, -0.05) is 18.2 Å². The first kappa shape index (κ1) is 20.3. The Bertz CT molecular complexity index is 1170. The Kier molecular flexibility index (Phi) is 5.96. The molecule has 0 fully saturated rings. The molecule has 0 radical (unpaired) electrons. The summed E-state index contributed by atoms with van der Waals surface area (Å²) in [7, 11) is 1.70. The number of hydrogen-bond donors (Lipinski definition) is 1. The molecule has 0 bridgehead atoms. The first-order valence-electron chi connectivity index (χ1n) is 9.89. The van der Waals surface area contributed by atoms with Crippen molar-refractivity contribution in [3.05, 3.63) is 58.9 Å². The van der Waals surface area contributed by atoms with Crippen LogP contribution < -0.4 is 5.32 Å². The highest BCUT2D eigenvalue weighted by atomic mass is 32.1. The van der Waals surface area contributed by atoms with Crippen molar-refractivity contribution in [2.24, 2.45) is 0 Å². The standard InChI is InChI=1S/C22H25N5O2S/c1-15-12-16(2)27(25-15)9-8-23-21(28)18-14-30-22(24-18)20-13-17-6-4-5-7-19(17)26(20)10-11-29-3/h4-7,12-14H,8-11H2,1-3H3,(H,23,28). The zero-order chi connectivity index (χ0) is 21.1. The van der Waals surface area contributed by atoms with Crippen LogP contribution in [0.3, 0.4) is 0 Å². The molecule has 0 atom stereocenters. The van der Waals surface area contributed by atoms with E-state index >= 15 is 0 Å². The van der Waals surface area contributed by atoms with Crippen LogP contribution in [0.5, 0.6) is 0 Å². The Morgan fingerprint density at radius 3 is 2.80 bits per heavy atom. The molecule has 0 unspecified atom stereocenters. The highest BCUT2D eigenvalue weighted by molar-refractivity contribution is 7.13. The van der Waals surface area contributed by atoms with Gasteiger partial charge in [0.2, 0.25) is 0 Å². The minimum absolute atomic E-state index is 0.168. The Morgan fingerprint density at radius 2 is 2.03 bits per heavy atom.